The smallest absolute Gasteiger partial charge is 0.434 e. The first-order chi connectivity index (χ1) is 22.0. The fourth-order valence-corrected chi connectivity index (χ4v) is 8.02. The average Bonchev–Trinajstić information content (AvgIpc) is 3.45. The Morgan fingerprint density at radius 1 is 1.06 bits per heavy atom. The van der Waals surface area contributed by atoms with Crippen molar-refractivity contribution < 1.29 is 50.6 Å². The van der Waals surface area contributed by atoms with Crippen LogP contribution in [0.25, 0.3) is 0 Å². The summed E-state index contributed by atoms with van der Waals surface area (Å²) < 4.78 is 87.1. The molecule has 0 radical (unpaired) electrons. The first kappa shape index (κ1) is 33.0. The topological polar surface area (TPSA) is 134 Å². The van der Waals surface area contributed by atoms with Crippen molar-refractivity contribution in [2.24, 2.45) is 17.8 Å². The lowest BCUT2D eigenvalue weighted by molar-refractivity contribution is -0.146. The van der Waals surface area contributed by atoms with E-state index in [0.717, 1.165) is 12.6 Å². The lowest BCUT2D eigenvalue weighted by atomic mass is 9.75. The number of anilines is 2. The van der Waals surface area contributed by atoms with Gasteiger partial charge in [-0.3, -0.25) is 9.59 Å². The van der Waals surface area contributed by atoms with Gasteiger partial charge in [0.1, 0.15) is 12.1 Å². The maximum Gasteiger partial charge on any atom is 0.434 e. The maximum atomic E-state index is 14.5. The van der Waals surface area contributed by atoms with Gasteiger partial charge < -0.3 is 25.4 Å². The molecular formula is C31H33F6N5O5. The van der Waals surface area contributed by atoms with E-state index in [-0.39, 0.29) is 36.3 Å². The van der Waals surface area contributed by atoms with E-state index in [1.54, 1.807) is 0 Å². The number of benzene rings is 1. The number of ether oxygens (including phenoxy) is 1. The summed E-state index contributed by atoms with van der Waals surface area (Å²) in [5.41, 5.74) is -4.03. The zero-order chi connectivity index (χ0) is 33.9. The Hall–Kier alpha value is -3.95. The number of alkyl halides is 6. The number of halogens is 6. The molecule has 2 bridgehead atoms. The molecule has 2 amide bonds. The lowest BCUT2D eigenvalue weighted by Crippen LogP contribution is -2.57. The molecule has 3 heterocycles. The normalized spacial score (nSPS) is 26.6. The average molecular weight is 670 g/mol. The lowest BCUT2D eigenvalue weighted by Gasteiger charge is -2.34. The summed E-state index contributed by atoms with van der Waals surface area (Å²) in [6, 6.07) is 4.13. The summed E-state index contributed by atoms with van der Waals surface area (Å²) >= 11 is 0. The van der Waals surface area contributed by atoms with Gasteiger partial charge in [0.25, 0.3) is 11.8 Å². The van der Waals surface area contributed by atoms with E-state index in [1.807, 2.05) is 12.2 Å². The van der Waals surface area contributed by atoms with Crippen molar-refractivity contribution in [3.05, 3.63) is 46.8 Å². The predicted molar refractivity (Wildman–Crippen MR) is 153 cm³/mol. The first-order valence-corrected chi connectivity index (χ1v) is 15.4. The summed E-state index contributed by atoms with van der Waals surface area (Å²) in [7, 11) is 0. The van der Waals surface area contributed by atoms with Crippen LogP contribution in [-0.2, 0) is 21.1 Å². The molecule has 1 aromatic heterocycles. The monoisotopic (exact) mass is 669 g/mol. The minimum absolute atomic E-state index is 0.0323. The third-order valence-corrected chi connectivity index (χ3v) is 10.1. The number of carboxylic acids is 1. The van der Waals surface area contributed by atoms with Gasteiger partial charge in [-0.1, -0.05) is 6.92 Å². The van der Waals surface area contributed by atoms with Crippen LogP contribution in [-0.4, -0.2) is 70.9 Å². The fourth-order valence-electron chi connectivity index (χ4n) is 8.02. The minimum Gasteiger partial charge on any atom is -0.479 e. The number of hydrogen-bond acceptors (Lipinski definition) is 7. The number of amides is 2. The third-order valence-electron chi connectivity index (χ3n) is 10.1. The summed E-state index contributed by atoms with van der Waals surface area (Å²) in [5.74, 6) is -4.04. The number of aliphatic carboxylic acids is 1. The Balaban J connectivity index is 1.34. The molecule has 254 valence electrons. The van der Waals surface area contributed by atoms with Crippen molar-refractivity contribution >= 4 is 29.4 Å². The van der Waals surface area contributed by atoms with Crippen molar-refractivity contribution in [1.29, 1.82) is 0 Å². The number of aromatic nitrogens is 2. The molecule has 4 aliphatic rings. The molecule has 10 nitrogen and oxygen atoms in total. The summed E-state index contributed by atoms with van der Waals surface area (Å²) in [6.07, 6.45) is -6.18. The van der Waals surface area contributed by atoms with Gasteiger partial charge in [-0.05, 0) is 80.0 Å². The van der Waals surface area contributed by atoms with Gasteiger partial charge in [0.05, 0.1) is 5.56 Å². The number of carboxylic acid groups (broad SMARTS) is 1. The molecule has 3 N–H and O–H groups in total. The molecule has 2 saturated carbocycles. The fraction of sp³-hybridized carbons (Fsp3) is 0.581. The standard InChI is InChI=1S/C31H33F6N5O5/c1-16-8-17-10-19(9-16)29(12-17,26(45)46)41-25(44)20-13-38-27(40-23(20)31(35,36)37)42-15-28(4-6-47-7-5-28)21-11-18(2-3-22(21)42)24(43)39-14-30(32,33)34/h2-3,11,13,16-17,19H,4-10,12,14-15H2,1H3,(H,39,43)(H,41,44)(H,45,46). The van der Waals surface area contributed by atoms with Gasteiger partial charge in [-0.2, -0.15) is 26.3 Å². The van der Waals surface area contributed by atoms with Crippen LogP contribution in [0.3, 0.4) is 0 Å². The molecule has 47 heavy (non-hydrogen) atoms. The Labute approximate surface area is 265 Å². The SMILES string of the molecule is CC1CC2CC(C1)C(NC(=O)c1cnc(N3CC4(CCOCC4)c4cc(C(=O)NCC(F)(F)F)ccc43)nc1C(F)(F)F)(C(=O)O)C2. The van der Waals surface area contributed by atoms with Crippen LogP contribution in [0.5, 0.6) is 0 Å². The molecule has 1 spiro atoms. The Kier molecular flexibility index (Phi) is 8.16. The minimum atomic E-state index is -5.11. The van der Waals surface area contributed by atoms with E-state index >= 15 is 0 Å². The molecule has 16 heteroatoms. The van der Waals surface area contributed by atoms with Crippen LogP contribution in [0.4, 0.5) is 38.0 Å². The van der Waals surface area contributed by atoms with Crippen molar-refractivity contribution in [3.8, 4) is 0 Å². The van der Waals surface area contributed by atoms with Gasteiger partial charge in [-0.25, -0.2) is 14.8 Å². The summed E-state index contributed by atoms with van der Waals surface area (Å²) in [5, 5.41) is 14.5. The number of fused-ring (bicyclic) bond motifs is 4. The van der Waals surface area contributed by atoms with Crippen molar-refractivity contribution in [3.63, 3.8) is 0 Å². The molecule has 1 saturated heterocycles. The highest BCUT2D eigenvalue weighted by Crippen LogP contribution is 2.51. The quantitative estimate of drug-likeness (QED) is 0.367. The summed E-state index contributed by atoms with van der Waals surface area (Å²) in [4.78, 5) is 47.9. The predicted octanol–water partition coefficient (Wildman–Crippen LogP) is 5.00. The molecule has 2 aliphatic heterocycles. The van der Waals surface area contributed by atoms with Crippen LogP contribution in [0, 0.1) is 17.8 Å². The van der Waals surface area contributed by atoms with Crippen LogP contribution >= 0.6 is 0 Å². The Bertz CT molecular complexity index is 1590. The van der Waals surface area contributed by atoms with Crippen molar-refractivity contribution in [2.45, 2.75) is 68.8 Å². The van der Waals surface area contributed by atoms with Gasteiger partial charge in [0, 0.05) is 42.6 Å². The second-order valence-electron chi connectivity index (χ2n) is 13.2. The molecule has 6 rings (SSSR count). The largest absolute Gasteiger partial charge is 0.479 e. The molecule has 3 fully saturated rings. The number of nitrogens with zero attached hydrogens (tertiary/aromatic N) is 3. The van der Waals surface area contributed by atoms with E-state index in [1.165, 1.54) is 23.1 Å². The zero-order valence-electron chi connectivity index (χ0n) is 25.3. The third kappa shape index (κ3) is 6.11. The second-order valence-corrected chi connectivity index (χ2v) is 13.2. The van der Waals surface area contributed by atoms with Gasteiger partial charge in [0.2, 0.25) is 5.95 Å². The highest BCUT2D eigenvalue weighted by atomic mass is 19.4. The van der Waals surface area contributed by atoms with Crippen LogP contribution in [0.1, 0.15) is 77.4 Å². The highest BCUT2D eigenvalue weighted by molar-refractivity contribution is 5.99. The Morgan fingerprint density at radius 2 is 1.79 bits per heavy atom. The number of carbonyl (C=O) groups is 3. The molecular weight excluding hydrogens is 636 g/mol. The number of nitrogens with one attached hydrogen (secondary N) is 2. The van der Waals surface area contributed by atoms with E-state index in [0.29, 0.717) is 50.1 Å². The van der Waals surface area contributed by atoms with Gasteiger partial charge in [0.15, 0.2) is 5.69 Å². The number of hydrogen-bond donors (Lipinski definition) is 3. The number of rotatable bonds is 6. The first-order valence-electron chi connectivity index (χ1n) is 15.4. The van der Waals surface area contributed by atoms with Crippen LogP contribution in [0.2, 0.25) is 0 Å². The van der Waals surface area contributed by atoms with Crippen LogP contribution < -0.4 is 15.5 Å². The molecule has 4 atom stereocenters. The zero-order valence-corrected chi connectivity index (χ0v) is 25.3. The Morgan fingerprint density at radius 3 is 2.45 bits per heavy atom. The molecule has 4 unspecified atom stereocenters. The van der Waals surface area contributed by atoms with E-state index in [2.05, 4.69) is 15.3 Å². The van der Waals surface area contributed by atoms with Gasteiger partial charge >= 0.3 is 18.3 Å². The van der Waals surface area contributed by atoms with Crippen molar-refractivity contribution in [1.82, 2.24) is 20.6 Å². The molecule has 2 aliphatic carbocycles. The van der Waals surface area contributed by atoms with E-state index in [4.69, 9.17) is 4.74 Å². The molecule has 1 aromatic carbocycles. The van der Waals surface area contributed by atoms with Crippen molar-refractivity contribution in [2.75, 3.05) is 31.2 Å². The highest BCUT2D eigenvalue weighted by Gasteiger charge is 2.57. The second kappa shape index (κ2) is 11.6. The molecule has 2 aromatic rings. The maximum absolute atomic E-state index is 14.5. The van der Waals surface area contributed by atoms with Gasteiger partial charge in [-0.15, -0.1) is 0 Å². The number of carbonyl (C=O) groups excluding carboxylic acids is 2. The summed E-state index contributed by atoms with van der Waals surface area (Å²) in [6.45, 7) is 1.15. The van der Waals surface area contributed by atoms with E-state index in [9.17, 15) is 45.8 Å². The van der Waals surface area contributed by atoms with E-state index < -0.39 is 64.8 Å². The van der Waals surface area contributed by atoms with Crippen LogP contribution in [0.15, 0.2) is 24.4 Å².